The van der Waals surface area contributed by atoms with E-state index in [0.29, 0.717) is 6.04 Å². The Kier molecular flexibility index (Phi) is 6.96. The van der Waals surface area contributed by atoms with Gasteiger partial charge >= 0.3 is 0 Å². The van der Waals surface area contributed by atoms with Gasteiger partial charge in [-0.3, -0.25) is 0 Å². The maximum absolute atomic E-state index is 2.55. The molecule has 31 heavy (non-hydrogen) atoms. The quantitative estimate of drug-likeness (QED) is 0.238. The third-order valence-electron chi connectivity index (χ3n) is 6.73. The zero-order valence-electron chi connectivity index (χ0n) is 19.3. The lowest BCUT2D eigenvalue weighted by Crippen LogP contribution is -2.31. The van der Waals surface area contributed by atoms with Gasteiger partial charge in [0.2, 0.25) is 0 Å². The minimum absolute atomic E-state index is 0.575. The van der Waals surface area contributed by atoms with E-state index in [1.807, 2.05) is 0 Å². The summed E-state index contributed by atoms with van der Waals surface area (Å²) in [6, 6.07) is 27.0. The number of nitrogens with zero attached hydrogens (tertiary/aromatic N) is 2. The van der Waals surface area contributed by atoms with Gasteiger partial charge in [0.15, 0.2) is 0 Å². The van der Waals surface area contributed by atoms with Crippen LogP contribution in [-0.2, 0) is 0 Å². The molecule has 0 aliphatic rings. The summed E-state index contributed by atoms with van der Waals surface area (Å²) < 4.78 is 2.41. The van der Waals surface area contributed by atoms with Crippen LogP contribution in [0, 0.1) is 0 Å². The van der Waals surface area contributed by atoms with Gasteiger partial charge in [-0.2, -0.15) is 0 Å². The molecule has 2 nitrogen and oxygen atoms in total. The number of hydrogen-bond donors (Lipinski definition) is 0. The molecule has 0 saturated heterocycles. The van der Waals surface area contributed by atoms with Gasteiger partial charge in [-0.25, -0.2) is 0 Å². The molecule has 0 spiro atoms. The van der Waals surface area contributed by atoms with Crippen LogP contribution in [0.15, 0.2) is 72.8 Å². The Bertz CT molecular complexity index is 1110. The summed E-state index contributed by atoms with van der Waals surface area (Å²) in [5.41, 5.74) is 5.13. The molecule has 1 aromatic heterocycles. The van der Waals surface area contributed by atoms with Crippen molar-refractivity contribution in [2.24, 2.45) is 0 Å². The van der Waals surface area contributed by atoms with E-state index in [2.05, 4.69) is 103 Å². The minimum atomic E-state index is 0.575. The van der Waals surface area contributed by atoms with Crippen molar-refractivity contribution in [1.82, 2.24) is 4.57 Å². The molecule has 4 aromatic rings. The zero-order valence-corrected chi connectivity index (χ0v) is 19.3. The first-order valence-corrected chi connectivity index (χ1v) is 12.1. The Morgan fingerprint density at radius 3 is 2.23 bits per heavy atom. The van der Waals surface area contributed by atoms with Gasteiger partial charge in [-0.05, 0) is 43.2 Å². The van der Waals surface area contributed by atoms with E-state index in [1.54, 1.807) is 0 Å². The van der Waals surface area contributed by atoms with Crippen LogP contribution in [0.5, 0.6) is 0 Å². The molecule has 1 heterocycles. The summed E-state index contributed by atoms with van der Waals surface area (Å²) in [5, 5.41) is 2.70. The average molecular weight is 413 g/mol. The van der Waals surface area contributed by atoms with Gasteiger partial charge in [0.05, 0.1) is 11.0 Å². The molecule has 0 saturated carbocycles. The lowest BCUT2D eigenvalue weighted by molar-refractivity contribution is 0.513. The van der Waals surface area contributed by atoms with E-state index >= 15 is 0 Å². The van der Waals surface area contributed by atoms with Crippen molar-refractivity contribution in [2.45, 2.75) is 64.8 Å². The number of fused-ring (bicyclic) bond motifs is 3. The van der Waals surface area contributed by atoms with Crippen molar-refractivity contribution >= 4 is 27.5 Å². The van der Waals surface area contributed by atoms with Gasteiger partial charge in [0.1, 0.15) is 0 Å². The van der Waals surface area contributed by atoms with Crippen molar-refractivity contribution in [3.05, 3.63) is 72.8 Å². The average Bonchev–Trinajstić information content (AvgIpc) is 3.16. The van der Waals surface area contributed by atoms with Crippen molar-refractivity contribution in [3.63, 3.8) is 0 Å². The van der Waals surface area contributed by atoms with E-state index in [4.69, 9.17) is 0 Å². The Labute approximate surface area is 187 Å². The maximum Gasteiger partial charge on any atom is 0.0561 e. The van der Waals surface area contributed by atoms with Crippen LogP contribution in [-0.4, -0.2) is 17.7 Å². The van der Waals surface area contributed by atoms with Crippen LogP contribution >= 0.6 is 0 Å². The Hall–Kier alpha value is -2.74. The second kappa shape index (κ2) is 10.0. The van der Waals surface area contributed by atoms with E-state index in [0.717, 1.165) is 0 Å². The van der Waals surface area contributed by atoms with Gasteiger partial charge in [0.25, 0.3) is 0 Å². The first kappa shape index (κ1) is 21.5. The van der Waals surface area contributed by atoms with Crippen LogP contribution < -0.4 is 4.90 Å². The molecular formula is C29H36N2. The molecule has 0 fully saturated rings. The highest BCUT2D eigenvalue weighted by molar-refractivity contribution is 6.15. The SMILES string of the molecule is CCCCCCCC(CC)N(C)c1cccc2c1c1ccccc1n2-c1ccccc1. The minimum Gasteiger partial charge on any atom is -0.371 e. The third kappa shape index (κ3) is 4.35. The topological polar surface area (TPSA) is 8.17 Å². The van der Waals surface area contributed by atoms with E-state index in [-0.39, 0.29) is 0 Å². The fraction of sp³-hybridized carbons (Fsp3) is 0.379. The summed E-state index contributed by atoms with van der Waals surface area (Å²) in [5.74, 6) is 0. The summed E-state index contributed by atoms with van der Waals surface area (Å²) in [6.45, 7) is 4.62. The first-order chi connectivity index (χ1) is 15.3. The number of aromatic nitrogens is 1. The predicted molar refractivity (Wildman–Crippen MR) is 137 cm³/mol. The van der Waals surface area contributed by atoms with Crippen LogP contribution in [0.25, 0.3) is 27.5 Å². The lowest BCUT2D eigenvalue weighted by atomic mass is 10.0. The van der Waals surface area contributed by atoms with Gasteiger partial charge < -0.3 is 9.47 Å². The molecular weight excluding hydrogens is 376 g/mol. The number of para-hydroxylation sites is 2. The van der Waals surface area contributed by atoms with E-state index in [9.17, 15) is 0 Å². The van der Waals surface area contributed by atoms with Crippen molar-refractivity contribution in [1.29, 1.82) is 0 Å². The number of unbranched alkanes of at least 4 members (excludes halogenated alkanes) is 4. The summed E-state index contributed by atoms with van der Waals surface area (Å²) in [4.78, 5) is 2.55. The number of hydrogen-bond acceptors (Lipinski definition) is 1. The van der Waals surface area contributed by atoms with Gasteiger partial charge in [0, 0.05) is 35.2 Å². The van der Waals surface area contributed by atoms with E-state index < -0.39 is 0 Å². The zero-order chi connectivity index (χ0) is 21.6. The molecule has 2 heteroatoms. The molecule has 1 atom stereocenters. The van der Waals surface area contributed by atoms with Gasteiger partial charge in [-0.1, -0.05) is 88.4 Å². The van der Waals surface area contributed by atoms with Crippen molar-refractivity contribution < 1.29 is 0 Å². The number of rotatable bonds is 10. The molecule has 0 radical (unpaired) electrons. The second-order valence-corrected chi connectivity index (χ2v) is 8.74. The lowest BCUT2D eigenvalue weighted by Gasteiger charge is -2.30. The summed E-state index contributed by atoms with van der Waals surface area (Å²) >= 11 is 0. The van der Waals surface area contributed by atoms with Gasteiger partial charge in [-0.15, -0.1) is 0 Å². The number of anilines is 1. The fourth-order valence-corrected chi connectivity index (χ4v) is 5.00. The number of benzene rings is 3. The van der Waals surface area contributed by atoms with Crippen molar-refractivity contribution in [3.8, 4) is 5.69 Å². The first-order valence-electron chi connectivity index (χ1n) is 12.1. The Morgan fingerprint density at radius 2 is 1.45 bits per heavy atom. The monoisotopic (exact) mass is 412 g/mol. The molecule has 0 aliphatic heterocycles. The summed E-state index contributed by atoms with van der Waals surface area (Å²) in [7, 11) is 2.30. The van der Waals surface area contributed by atoms with Crippen LogP contribution in [0.1, 0.15) is 58.8 Å². The van der Waals surface area contributed by atoms with Crippen LogP contribution in [0.4, 0.5) is 5.69 Å². The molecule has 0 aliphatic carbocycles. The van der Waals surface area contributed by atoms with Crippen LogP contribution in [0.3, 0.4) is 0 Å². The fourth-order valence-electron chi connectivity index (χ4n) is 5.00. The molecule has 0 amide bonds. The molecule has 0 bridgehead atoms. The Balaban J connectivity index is 1.75. The Morgan fingerprint density at radius 1 is 0.742 bits per heavy atom. The van der Waals surface area contributed by atoms with Crippen LogP contribution in [0.2, 0.25) is 0 Å². The largest absolute Gasteiger partial charge is 0.371 e. The predicted octanol–water partition coefficient (Wildman–Crippen LogP) is 8.36. The highest BCUT2D eigenvalue weighted by Gasteiger charge is 2.20. The normalized spacial score (nSPS) is 12.5. The molecule has 0 N–H and O–H groups in total. The maximum atomic E-state index is 2.55. The second-order valence-electron chi connectivity index (χ2n) is 8.74. The van der Waals surface area contributed by atoms with Crippen molar-refractivity contribution in [2.75, 3.05) is 11.9 Å². The standard InChI is InChI=1S/C29H36N2/c1-4-6-7-8-10-16-23(5-2)30(3)27-21-15-22-28-29(27)25-19-13-14-20-26(25)31(28)24-17-11-9-12-18-24/h9,11-15,17-23H,4-8,10,16H2,1-3H3. The molecule has 162 valence electrons. The molecule has 4 rings (SSSR count). The highest BCUT2D eigenvalue weighted by Crippen LogP contribution is 2.38. The summed E-state index contributed by atoms with van der Waals surface area (Å²) in [6.07, 6.45) is 9.18. The smallest absolute Gasteiger partial charge is 0.0561 e. The molecule has 1 unspecified atom stereocenters. The molecule has 3 aromatic carbocycles. The van der Waals surface area contributed by atoms with E-state index in [1.165, 1.54) is 78.1 Å². The highest BCUT2D eigenvalue weighted by atomic mass is 15.1. The third-order valence-corrected chi connectivity index (χ3v) is 6.73.